The molecule has 26 heavy (non-hydrogen) atoms. The van der Waals surface area contributed by atoms with E-state index in [1.807, 2.05) is 29.3 Å². The summed E-state index contributed by atoms with van der Waals surface area (Å²) in [4.78, 5) is 25.9. The molecule has 0 unspecified atom stereocenters. The molecule has 2 aromatic heterocycles. The minimum Gasteiger partial charge on any atom is -0.347 e. The Labute approximate surface area is 154 Å². The highest BCUT2D eigenvalue weighted by atomic mass is 16.2. The smallest absolute Gasteiger partial charge is 0.223 e. The number of aromatic amines is 1. The van der Waals surface area contributed by atoms with Crippen LogP contribution >= 0.6 is 0 Å². The first kappa shape index (κ1) is 17.9. The van der Waals surface area contributed by atoms with Crippen LogP contribution in [0.4, 0.5) is 0 Å². The molecule has 0 aliphatic heterocycles. The fourth-order valence-electron chi connectivity index (χ4n) is 2.94. The van der Waals surface area contributed by atoms with Crippen LogP contribution in [0.1, 0.15) is 29.7 Å². The van der Waals surface area contributed by atoms with E-state index in [9.17, 15) is 4.79 Å². The van der Waals surface area contributed by atoms with Gasteiger partial charge in [-0.15, -0.1) is 0 Å². The van der Waals surface area contributed by atoms with E-state index in [0.717, 1.165) is 30.6 Å². The van der Waals surface area contributed by atoms with Gasteiger partial charge in [-0.2, -0.15) is 0 Å². The van der Waals surface area contributed by atoms with Crippen molar-refractivity contribution in [1.29, 1.82) is 0 Å². The highest BCUT2D eigenvalue weighted by Crippen LogP contribution is 2.10. The van der Waals surface area contributed by atoms with Crippen LogP contribution in [0.3, 0.4) is 0 Å². The molecule has 3 aromatic rings. The molecule has 134 valence electrons. The number of benzene rings is 1. The van der Waals surface area contributed by atoms with Crippen LogP contribution in [-0.2, 0) is 24.2 Å². The van der Waals surface area contributed by atoms with Gasteiger partial charge in [-0.05, 0) is 36.5 Å². The van der Waals surface area contributed by atoms with Crippen molar-refractivity contribution in [3.05, 3.63) is 84.2 Å². The van der Waals surface area contributed by atoms with Gasteiger partial charge in [-0.1, -0.05) is 36.4 Å². The van der Waals surface area contributed by atoms with E-state index in [2.05, 4.69) is 39.2 Å². The summed E-state index contributed by atoms with van der Waals surface area (Å²) in [5, 5.41) is 0. The number of carbonyl (C=O) groups excluding carboxylic acids is 1. The average molecular weight is 348 g/mol. The number of aryl methyl sites for hydroxylation is 2. The van der Waals surface area contributed by atoms with Gasteiger partial charge in [-0.3, -0.25) is 9.78 Å². The second kappa shape index (κ2) is 9.51. The Kier molecular flexibility index (Phi) is 6.53. The van der Waals surface area contributed by atoms with Crippen LogP contribution in [-0.4, -0.2) is 32.3 Å². The first-order valence-corrected chi connectivity index (χ1v) is 8.99. The van der Waals surface area contributed by atoms with Crippen molar-refractivity contribution in [2.24, 2.45) is 0 Å². The van der Waals surface area contributed by atoms with Crippen LogP contribution in [0.2, 0.25) is 0 Å². The van der Waals surface area contributed by atoms with Gasteiger partial charge in [0.05, 0.1) is 18.6 Å². The number of nitrogens with one attached hydrogen (secondary N) is 1. The minimum absolute atomic E-state index is 0.163. The van der Waals surface area contributed by atoms with Crippen molar-refractivity contribution >= 4 is 5.91 Å². The number of H-pyrrole nitrogens is 1. The molecule has 0 radical (unpaired) electrons. The van der Waals surface area contributed by atoms with Crippen molar-refractivity contribution in [1.82, 2.24) is 19.9 Å². The molecule has 5 heteroatoms. The summed E-state index contributed by atoms with van der Waals surface area (Å²) in [6.45, 7) is 1.31. The van der Waals surface area contributed by atoms with Crippen LogP contribution < -0.4 is 0 Å². The summed E-state index contributed by atoms with van der Waals surface area (Å²) in [7, 11) is 0. The fourth-order valence-corrected chi connectivity index (χ4v) is 2.94. The monoisotopic (exact) mass is 348 g/mol. The highest BCUT2D eigenvalue weighted by molar-refractivity contribution is 5.76. The summed E-state index contributed by atoms with van der Waals surface area (Å²) in [5.74, 6) is 0.163. The number of hydrogen-bond acceptors (Lipinski definition) is 3. The molecule has 0 spiro atoms. The lowest BCUT2D eigenvalue weighted by molar-refractivity contribution is -0.131. The number of aromatic nitrogens is 3. The maximum atomic E-state index is 12.8. The Morgan fingerprint density at radius 3 is 2.54 bits per heavy atom. The number of carbonyl (C=O) groups is 1. The normalized spacial score (nSPS) is 10.6. The third kappa shape index (κ3) is 5.55. The average Bonchev–Trinajstić information content (AvgIpc) is 3.20. The molecule has 0 aliphatic carbocycles. The van der Waals surface area contributed by atoms with Crippen molar-refractivity contribution < 1.29 is 4.79 Å². The molecule has 0 saturated carbocycles. The largest absolute Gasteiger partial charge is 0.347 e. The number of nitrogens with zero attached hydrogens (tertiary/aromatic N) is 3. The lowest BCUT2D eigenvalue weighted by Gasteiger charge is -2.22. The molecule has 0 saturated heterocycles. The first-order chi connectivity index (χ1) is 12.8. The third-order valence-corrected chi connectivity index (χ3v) is 4.36. The SMILES string of the molecule is O=C(CCc1cccnc1)N(CCCc1ccccc1)Cc1cnc[nH]1. The quantitative estimate of drug-likeness (QED) is 0.645. The summed E-state index contributed by atoms with van der Waals surface area (Å²) in [5.41, 5.74) is 3.35. The number of amides is 1. The molecule has 1 amide bonds. The zero-order valence-electron chi connectivity index (χ0n) is 14.8. The maximum Gasteiger partial charge on any atom is 0.223 e. The Morgan fingerprint density at radius 2 is 1.81 bits per heavy atom. The first-order valence-electron chi connectivity index (χ1n) is 8.99. The van der Waals surface area contributed by atoms with Crippen LogP contribution in [0.25, 0.3) is 0 Å². The van der Waals surface area contributed by atoms with Crippen molar-refractivity contribution in [2.75, 3.05) is 6.54 Å². The number of pyridine rings is 1. The molecule has 0 aliphatic rings. The molecule has 1 aromatic carbocycles. The Balaban J connectivity index is 1.55. The Hall–Kier alpha value is -2.95. The Morgan fingerprint density at radius 1 is 0.962 bits per heavy atom. The summed E-state index contributed by atoms with van der Waals surface area (Å²) < 4.78 is 0. The van der Waals surface area contributed by atoms with Gasteiger partial charge in [0.15, 0.2) is 0 Å². The molecule has 3 rings (SSSR count). The second-order valence-electron chi connectivity index (χ2n) is 6.34. The molecule has 2 heterocycles. The van der Waals surface area contributed by atoms with E-state index >= 15 is 0 Å². The summed E-state index contributed by atoms with van der Waals surface area (Å²) >= 11 is 0. The van der Waals surface area contributed by atoms with Gasteiger partial charge in [0.25, 0.3) is 0 Å². The minimum atomic E-state index is 0.163. The number of hydrogen-bond donors (Lipinski definition) is 1. The third-order valence-electron chi connectivity index (χ3n) is 4.36. The molecule has 0 atom stereocenters. The molecule has 1 N–H and O–H groups in total. The van der Waals surface area contributed by atoms with E-state index in [4.69, 9.17) is 0 Å². The highest BCUT2D eigenvalue weighted by Gasteiger charge is 2.14. The fraction of sp³-hybridized carbons (Fsp3) is 0.286. The van der Waals surface area contributed by atoms with E-state index in [0.29, 0.717) is 19.4 Å². The second-order valence-corrected chi connectivity index (χ2v) is 6.34. The molecule has 0 bridgehead atoms. The zero-order chi connectivity index (χ0) is 18.0. The molecule has 5 nitrogen and oxygen atoms in total. The summed E-state index contributed by atoms with van der Waals surface area (Å²) in [6.07, 6.45) is 10.1. The van der Waals surface area contributed by atoms with Crippen molar-refractivity contribution in [3.8, 4) is 0 Å². The predicted molar refractivity (Wildman–Crippen MR) is 101 cm³/mol. The van der Waals surface area contributed by atoms with Crippen LogP contribution in [0, 0.1) is 0 Å². The Bertz CT molecular complexity index is 772. The van der Waals surface area contributed by atoms with Gasteiger partial charge in [0.2, 0.25) is 5.91 Å². The molecular formula is C21H24N4O. The van der Waals surface area contributed by atoms with Gasteiger partial charge in [0.1, 0.15) is 0 Å². The standard InChI is InChI=1S/C21H24N4O/c26-21(11-10-19-8-4-12-22-14-19)25(16-20-15-23-17-24-20)13-5-9-18-6-2-1-3-7-18/h1-4,6-8,12,14-15,17H,5,9-11,13,16H2,(H,23,24). The lowest BCUT2D eigenvalue weighted by Crippen LogP contribution is -2.32. The van der Waals surface area contributed by atoms with Crippen molar-refractivity contribution in [2.45, 2.75) is 32.2 Å². The summed E-state index contributed by atoms with van der Waals surface area (Å²) in [6, 6.07) is 14.3. The zero-order valence-corrected chi connectivity index (χ0v) is 14.8. The van der Waals surface area contributed by atoms with Gasteiger partial charge in [-0.25, -0.2) is 4.98 Å². The number of imidazole rings is 1. The van der Waals surface area contributed by atoms with E-state index in [-0.39, 0.29) is 5.91 Å². The van der Waals surface area contributed by atoms with Gasteiger partial charge in [0, 0.05) is 31.6 Å². The van der Waals surface area contributed by atoms with Crippen molar-refractivity contribution in [3.63, 3.8) is 0 Å². The topological polar surface area (TPSA) is 61.9 Å². The lowest BCUT2D eigenvalue weighted by atomic mass is 10.1. The predicted octanol–water partition coefficient (Wildman–Crippen LogP) is 3.40. The van der Waals surface area contributed by atoms with Crippen LogP contribution in [0.15, 0.2) is 67.4 Å². The van der Waals surface area contributed by atoms with Gasteiger partial charge < -0.3 is 9.88 Å². The maximum absolute atomic E-state index is 12.8. The molecular weight excluding hydrogens is 324 g/mol. The number of rotatable bonds is 9. The van der Waals surface area contributed by atoms with E-state index in [1.165, 1.54) is 5.56 Å². The van der Waals surface area contributed by atoms with Gasteiger partial charge >= 0.3 is 0 Å². The molecule has 0 fully saturated rings. The van der Waals surface area contributed by atoms with E-state index < -0.39 is 0 Å². The van der Waals surface area contributed by atoms with E-state index in [1.54, 1.807) is 18.7 Å². The van der Waals surface area contributed by atoms with Crippen LogP contribution in [0.5, 0.6) is 0 Å².